The third-order valence-corrected chi connectivity index (χ3v) is 2.96. The van der Waals surface area contributed by atoms with E-state index in [1.165, 1.54) is 23.1 Å². The van der Waals surface area contributed by atoms with E-state index in [4.69, 9.17) is 9.68 Å². The molecule has 0 amide bonds. The van der Waals surface area contributed by atoms with E-state index < -0.39 is 0 Å². The zero-order valence-corrected chi connectivity index (χ0v) is 7.21. The Morgan fingerprint density at radius 3 is 2.92 bits per heavy atom. The minimum absolute atomic E-state index is 0.344. The van der Waals surface area contributed by atoms with E-state index in [9.17, 15) is 0 Å². The lowest BCUT2D eigenvalue weighted by molar-refractivity contribution is -0.278. The Balaban J connectivity index is 1.81. The second kappa shape index (κ2) is 2.42. The molecule has 0 bridgehead atoms. The van der Waals surface area contributed by atoms with Crippen molar-refractivity contribution in [2.75, 3.05) is 12.0 Å². The molecule has 2 aliphatic rings. The van der Waals surface area contributed by atoms with Crippen molar-refractivity contribution in [3.05, 3.63) is 10.4 Å². The highest BCUT2D eigenvalue weighted by Crippen LogP contribution is 2.42. The molecule has 64 valence electrons. The lowest BCUT2D eigenvalue weighted by atomic mass is 10.5. The third-order valence-electron chi connectivity index (χ3n) is 1.96. The quantitative estimate of drug-likeness (QED) is 0.700. The topological polar surface area (TPSA) is 34.6 Å². The SMILES string of the molecule is c1sc(C2CC2)nc1N1OCO1. The maximum absolute atomic E-state index is 4.99. The number of aromatic nitrogens is 1. The molecule has 2 heterocycles. The predicted octanol–water partition coefficient (Wildman–Crippen LogP) is 1.66. The zero-order valence-electron chi connectivity index (χ0n) is 6.40. The van der Waals surface area contributed by atoms with Gasteiger partial charge in [-0.3, -0.25) is 0 Å². The van der Waals surface area contributed by atoms with Gasteiger partial charge in [-0.2, -0.15) is 0 Å². The van der Waals surface area contributed by atoms with E-state index in [-0.39, 0.29) is 0 Å². The molecule has 1 saturated heterocycles. The van der Waals surface area contributed by atoms with Crippen molar-refractivity contribution in [2.24, 2.45) is 0 Å². The molecule has 0 atom stereocenters. The van der Waals surface area contributed by atoms with Gasteiger partial charge in [0, 0.05) is 11.3 Å². The summed E-state index contributed by atoms with van der Waals surface area (Å²) in [6.45, 7) is 0.344. The van der Waals surface area contributed by atoms with E-state index >= 15 is 0 Å². The zero-order chi connectivity index (χ0) is 7.97. The Morgan fingerprint density at radius 2 is 2.33 bits per heavy atom. The first kappa shape index (κ1) is 6.82. The van der Waals surface area contributed by atoms with Gasteiger partial charge in [-0.05, 0) is 12.8 Å². The van der Waals surface area contributed by atoms with Crippen LogP contribution in [0.5, 0.6) is 0 Å². The average Bonchev–Trinajstić information content (AvgIpc) is 2.70. The summed E-state index contributed by atoms with van der Waals surface area (Å²) in [5, 5.41) is 4.54. The van der Waals surface area contributed by atoms with Crippen LogP contribution in [-0.2, 0) is 9.68 Å². The van der Waals surface area contributed by atoms with Crippen molar-refractivity contribution in [2.45, 2.75) is 18.8 Å². The van der Waals surface area contributed by atoms with E-state index in [0.717, 1.165) is 5.82 Å². The molecule has 0 aromatic carbocycles. The van der Waals surface area contributed by atoms with Gasteiger partial charge in [0.05, 0.1) is 5.01 Å². The molecule has 2 fully saturated rings. The fraction of sp³-hybridized carbons (Fsp3) is 0.571. The molecule has 0 unspecified atom stereocenters. The van der Waals surface area contributed by atoms with Gasteiger partial charge in [0.15, 0.2) is 5.82 Å². The van der Waals surface area contributed by atoms with Crippen LogP contribution in [0.3, 0.4) is 0 Å². The van der Waals surface area contributed by atoms with Crippen LogP contribution in [0.15, 0.2) is 5.38 Å². The molecule has 12 heavy (non-hydrogen) atoms. The van der Waals surface area contributed by atoms with Crippen molar-refractivity contribution >= 4 is 17.2 Å². The van der Waals surface area contributed by atoms with E-state index in [0.29, 0.717) is 12.7 Å². The molecule has 4 nitrogen and oxygen atoms in total. The van der Waals surface area contributed by atoms with E-state index in [2.05, 4.69) is 4.98 Å². The van der Waals surface area contributed by atoms with Crippen LogP contribution in [0.25, 0.3) is 0 Å². The average molecular weight is 184 g/mol. The molecule has 0 radical (unpaired) electrons. The fourth-order valence-electron chi connectivity index (χ4n) is 1.12. The summed E-state index contributed by atoms with van der Waals surface area (Å²) in [5.41, 5.74) is 0. The van der Waals surface area contributed by atoms with Crippen LogP contribution < -0.4 is 5.23 Å². The van der Waals surface area contributed by atoms with Crippen molar-refractivity contribution in [3.63, 3.8) is 0 Å². The van der Waals surface area contributed by atoms with Crippen molar-refractivity contribution in [3.8, 4) is 0 Å². The lowest BCUT2D eigenvalue weighted by Crippen LogP contribution is -2.36. The molecule has 1 aliphatic heterocycles. The molecular formula is C7H8N2O2S. The normalized spacial score (nSPS) is 22.5. The van der Waals surface area contributed by atoms with Gasteiger partial charge in [-0.15, -0.1) is 16.6 Å². The number of rotatable bonds is 2. The smallest absolute Gasteiger partial charge is 0.205 e. The van der Waals surface area contributed by atoms with Crippen molar-refractivity contribution in [1.82, 2.24) is 4.98 Å². The standard InChI is InChI=1S/C7H8N2O2S/c1-2-5(1)7-8-6(3-12-7)9-10-4-11-9/h3,5H,1-2,4H2. The molecule has 1 saturated carbocycles. The number of thiazole rings is 1. The highest BCUT2D eigenvalue weighted by molar-refractivity contribution is 7.10. The second-order valence-electron chi connectivity index (χ2n) is 2.95. The van der Waals surface area contributed by atoms with Crippen molar-refractivity contribution in [1.29, 1.82) is 0 Å². The van der Waals surface area contributed by atoms with Crippen LogP contribution in [0.4, 0.5) is 5.82 Å². The van der Waals surface area contributed by atoms with Gasteiger partial charge in [0.1, 0.15) is 0 Å². The van der Waals surface area contributed by atoms with Crippen molar-refractivity contribution < 1.29 is 9.68 Å². The van der Waals surface area contributed by atoms with E-state index in [1.807, 2.05) is 5.38 Å². The molecule has 1 aromatic heterocycles. The fourth-order valence-corrected chi connectivity index (χ4v) is 2.06. The third kappa shape index (κ3) is 1.01. The summed E-state index contributed by atoms with van der Waals surface area (Å²) in [6.07, 6.45) is 2.57. The molecule has 0 spiro atoms. The summed E-state index contributed by atoms with van der Waals surface area (Å²) in [5.74, 6) is 1.50. The largest absolute Gasteiger partial charge is 0.219 e. The Kier molecular flexibility index (Phi) is 1.37. The van der Waals surface area contributed by atoms with Crippen LogP contribution >= 0.6 is 11.3 Å². The second-order valence-corrected chi connectivity index (χ2v) is 3.84. The van der Waals surface area contributed by atoms with Gasteiger partial charge in [-0.1, -0.05) is 0 Å². The highest BCUT2D eigenvalue weighted by atomic mass is 32.1. The van der Waals surface area contributed by atoms with Crippen LogP contribution in [0, 0.1) is 0 Å². The molecular weight excluding hydrogens is 176 g/mol. The minimum atomic E-state index is 0.344. The summed E-state index contributed by atoms with van der Waals surface area (Å²) >= 11 is 1.68. The van der Waals surface area contributed by atoms with E-state index in [1.54, 1.807) is 11.3 Å². The van der Waals surface area contributed by atoms with Gasteiger partial charge in [0.25, 0.3) is 0 Å². The Bertz CT molecular complexity index is 293. The first-order chi connectivity index (χ1) is 5.93. The predicted molar refractivity (Wildman–Crippen MR) is 43.6 cm³/mol. The first-order valence-corrected chi connectivity index (χ1v) is 4.83. The van der Waals surface area contributed by atoms with Gasteiger partial charge >= 0.3 is 0 Å². The Morgan fingerprint density at radius 1 is 1.50 bits per heavy atom. The number of nitrogens with zero attached hydrogens (tertiary/aromatic N) is 2. The van der Waals surface area contributed by atoms with Crippen LogP contribution in [0.1, 0.15) is 23.8 Å². The van der Waals surface area contributed by atoms with Gasteiger partial charge in [-0.25, -0.2) is 14.7 Å². The maximum Gasteiger partial charge on any atom is 0.205 e. The maximum atomic E-state index is 4.99. The molecule has 3 rings (SSSR count). The Hall–Kier alpha value is -0.650. The molecule has 1 aliphatic carbocycles. The monoisotopic (exact) mass is 184 g/mol. The summed E-state index contributed by atoms with van der Waals surface area (Å²) in [4.78, 5) is 14.4. The number of hydrogen-bond donors (Lipinski definition) is 0. The number of anilines is 1. The van der Waals surface area contributed by atoms with Crippen LogP contribution in [-0.4, -0.2) is 11.8 Å². The van der Waals surface area contributed by atoms with Crippen LogP contribution in [0.2, 0.25) is 0 Å². The molecule has 0 N–H and O–H groups in total. The Labute approximate surface area is 73.6 Å². The molecule has 1 aromatic rings. The lowest BCUT2D eigenvalue weighted by Gasteiger charge is -2.27. The summed E-state index contributed by atoms with van der Waals surface area (Å²) in [6, 6.07) is 0. The summed E-state index contributed by atoms with van der Waals surface area (Å²) in [7, 11) is 0. The first-order valence-electron chi connectivity index (χ1n) is 3.95. The van der Waals surface area contributed by atoms with Gasteiger partial charge < -0.3 is 0 Å². The highest BCUT2D eigenvalue weighted by Gasteiger charge is 2.29. The minimum Gasteiger partial charge on any atom is -0.219 e. The summed E-state index contributed by atoms with van der Waals surface area (Å²) < 4.78 is 0. The van der Waals surface area contributed by atoms with Gasteiger partial charge in [0.2, 0.25) is 6.79 Å². The number of hydrogen-bond acceptors (Lipinski definition) is 5. The molecule has 5 heteroatoms.